The Bertz CT molecular complexity index is 620. The van der Waals surface area contributed by atoms with E-state index in [0.29, 0.717) is 6.42 Å². The van der Waals surface area contributed by atoms with E-state index in [0.717, 1.165) is 23.1 Å². The molecule has 1 heterocycles. The van der Waals surface area contributed by atoms with E-state index >= 15 is 0 Å². The lowest BCUT2D eigenvalue weighted by Crippen LogP contribution is -2.37. The van der Waals surface area contributed by atoms with Crippen molar-refractivity contribution in [1.29, 1.82) is 0 Å². The normalized spacial score (nSPS) is 11.3. The Morgan fingerprint density at radius 2 is 2.10 bits per heavy atom. The van der Waals surface area contributed by atoms with Crippen molar-refractivity contribution in [3.8, 4) is 0 Å². The average molecular weight is 329 g/mol. The summed E-state index contributed by atoms with van der Waals surface area (Å²) in [5, 5.41) is 13.0. The standard InChI is InChI=1S/C12H12N4O3S.ClH/c13-9(6-8-4-2-1-3-5-8)11(17)15-12-14-7-10(20-12)16(18)19;/h1-5,7,9H,6,13H2,(H,14,15,17);1H/t9-;/m0./s1. The summed E-state index contributed by atoms with van der Waals surface area (Å²) in [4.78, 5) is 25.6. The number of halogens is 1. The molecule has 0 spiro atoms. The largest absolute Gasteiger partial charge is 0.345 e. The van der Waals surface area contributed by atoms with E-state index in [1.54, 1.807) is 0 Å². The molecule has 0 saturated heterocycles. The predicted molar refractivity (Wildman–Crippen MR) is 82.8 cm³/mol. The molecule has 21 heavy (non-hydrogen) atoms. The van der Waals surface area contributed by atoms with Gasteiger partial charge in [-0.15, -0.1) is 12.4 Å². The van der Waals surface area contributed by atoms with Crippen molar-refractivity contribution in [3.05, 3.63) is 52.2 Å². The summed E-state index contributed by atoms with van der Waals surface area (Å²) in [6.07, 6.45) is 1.49. The number of nitrogens with two attached hydrogens (primary N) is 1. The SMILES string of the molecule is Cl.N[C@@H](Cc1ccccc1)C(=O)Nc1ncc([N+](=O)[O-])s1. The molecule has 0 aliphatic rings. The van der Waals surface area contributed by atoms with Gasteiger partial charge in [0.05, 0.1) is 11.0 Å². The van der Waals surface area contributed by atoms with Gasteiger partial charge in [0.15, 0.2) is 5.13 Å². The third kappa shape index (κ3) is 4.78. The molecule has 2 rings (SSSR count). The van der Waals surface area contributed by atoms with E-state index in [1.807, 2.05) is 30.3 Å². The van der Waals surface area contributed by atoms with Crippen LogP contribution in [0.4, 0.5) is 10.1 Å². The van der Waals surface area contributed by atoms with Gasteiger partial charge in [-0.1, -0.05) is 30.3 Å². The number of thiazole rings is 1. The summed E-state index contributed by atoms with van der Waals surface area (Å²) in [7, 11) is 0. The first-order chi connectivity index (χ1) is 9.56. The Kier molecular flexibility index (Phi) is 6.22. The van der Waals surface area contributed by atoms with E-state index in [9.17, 15) is 14.9 Å². The zero-order valence-corrected chi connectivity index (χ0v) is 12.4. The van der Waals surface area contributed by atoms with E-state index in [4.69, 9.17) is 5.73 Å². The van der Waals surface area contributed by atoms with Gasteiger partial charge < -0.3 is 11.1 Å². The first kappa shape index (κ1) is 17.0. The van der Waals surface area contributed by atoms with Crippen LogP contribution < -0.4 is 11.1 Å². The lowest BCUT2D eigenvalue weighted by atomic mass is 10.1. The average Bonchev–Trinajstić information content (AvgIpc) is 2.88. The van der Waals surface area contributed by atoms with Crippen LogP contribution >= 0.6 is 23.7 Å². The fourth-order valence-corrected chi connectivity index (χ4v) is 2.20. The van der Waals surface area contributed by atoms with Crippen LogP contribution in [0.15, 0.2) is 36.5 Å². The molecule has 2 aromatic rings. The van der Waals surface area contributed by atoms with Crippen molar-refractivity contribution in [3.63, 3.8) is 0 Å². The molecule has 0 fully saturated rings. The van der Waals surface area contributed by atoms with Crippen LogP contribution in [0.2, 0.25) is 0 Å². The Morgan fingerprint density at radius 3 is 2.67 bits per heavy atom. The van der Waals surface area contributed by atoms with Crippen LogP contribution in [0.25, 0.3) is 0 Å². The fourth-order valence-electron chi connectivity index (χ4n) is 1.57. The van der Waals surface area contributed by atoms with Crippen LogP contribution in [0.1, 0.15) is 5.56 Å². The summed E-state index contributed by atoms with van der Waals surface area (Å²) in [6, 6.07) is 8.63. The fraction of sp³-hybridized carbons (Fsp3) is 0.167. The van der Waals surface area contributed by atoms with Crippen LogP contribution in [-0.2, 0) is 11.2 Å². The number of amides is 1. The maximum absolute atomic E-state index is 11.9. The van der Waals surface area contributed by atoms with Crippen molar-refractivity contribution in [2.24, 2.45) is 5.73 Å². The summed E-state index contributed by atoms with van der Waals surface area (Å²) in [5.41, 5.74) is 6.74. The zero-order chi connectivity index (χ0) is 14.5. The minimum Gasteiger partial charge on any atom is -0.320 e. The second-order valence-electron chi connectivity index (χ2n) is 4.05. The highest BCUT2D eigenvalue weighted by Gasteiger charge is 2.18. The highest BCUT2D eigenvalue weighted by molar-refractivity contribution is 7.18. The van der Waals surface area contributed by atoms with Gasteiger partial charge in [-0.05, 0) is 23.3 Å². The minimum atomic E-state index is -0.736. The highest BCUT2D eigenvalue weighted by Crippen LogP contribution is 2.24. The number of rotatable bonds is 5. The monoisotopic (exact) mass is 328 g/mol. The minimum absolute atomic E-state index is 0. The third-order valence-electron chi connectivity index (χ3n) is 2.54. The van der Waals surface area contributed by atoms with E-state index in [-0.39, 0.29) is 22.5 Å². The molecule has 3 N–H and O–H groups in total. The van der Waals surface area contributed by atoms with Crippen molar-refractivity contribution >= 4 is 39.8 Å². The second-order valence-corrected chi connectivity index (χ2v) is 5.06. The number of carbonyl (C=O) groups is 1. The summed E-state index contributed by atoms with van der Waals surface area (Å²) in [5.74, 6) is -0.418. The van der Waals surface area contributed by atoms with Gasteiger partial charge in [-0.25, -0.2) is 4.98 Å². The molecule has 0 aliphatic heterocycles. The molecule has 0 saturated carbocycles. The number of benzene rings is 1. The molecule has 0 aliphatic carbocycles. The van der Waals surface area contributed by atoms with Gasteiger partial charge in [0.1, 0.15) is 6.20 Å². The van der Waals surface area contributed by atoms with Crippen LogP contribution in [0.5, 0.6) is 0 Å². The Labute approximate surface area is 130 Å². The number of anilines is 1. The van der Waals surface area contributed by atoms with Crippen molar-refractivity contribution in [2.45, 2.75) is 12.5 Å². The first-order valence-electron chi connectivity index (χ1n) is 5.77. The van der Waals surface area contributed by atoms with E-state index < -0.39 is 16.9 Å². The molecule has 9 heteroatoms. The van der Waals surface area contributed by atoms with Gasteiger partial charge in [-0.2, -0.15) is 0 Å². The van der Waals surface area contributed by atoms with E-state index in [2.05, 4.69) is 10.3 Å². The van der Waals surface area contributed by atoms with Crippen molar-refractivity contribution < 1.29 is 9.72 Å². The maximum Gasteiger partial charge on any atom is 0.345 e. The molecule has 1 aromatic carbocycles. The number of aromatic nitrogens is 1. The van der Waals surface area contributed by atoms with Gasteiger partial charge in [0, 0.05) is 0 Å². The van der Waals surface area contributed by atoms with Gasteiger partial charge >= 0.3 is 5.00 Å². The molecular formula is C12H13ClN4O3S. The number of hydrogen-bond acceptors (Lipinski definition) is 6. The Hall–Kier alpha value is -2.03. The lowest BCUT2D eigenvalue weighted by Gasteiger charge is -2.10. The molecule has 0 unspecified atom stereocenters. The van der Waals surface area contributed by atoms with Gasteiger partial charge in [0.2, 0.25) is 5.91 Å². The molecule has 1 atom stereocenters. The van der Waals surface area contributed by atoms with Crippen LogP contribution in [0.3, 0.4) is 0 Å². The Morgan fingerprint density at radius 1 is 1.43 bits per heavy atom. The van der Waals surface area contributed by atoms with Crippen LogP contribution in [-0.4, -0.2) is 21.9 Å². The highest BCUT2D eigenvalue weighted by atomic mass is 35.5. The smallest absolute Gasteiger partial charge is 0.320 e. The summed E-state index contributed by atoms with van der Waals surface area (Å²) in [6.45, 7) is 0. The number of hydrogen-bond donors (Lipinski definition) is 2. The third-order valence-corrected chi connectivity index (χ3v) is 3.40. The Balaban J connectivity index is 0.00000220. The first-order valence-corrected chi connectivity index (χ1v) is 6.58. The van der Waals surface area contributed by atoms with E-state index in [1.165, 1.54) is 0 Å². The molecule has 7 nitrogen and oxygen atoms in total. The number of nitrogens with zero attached hydrogens (tertiary/aromatic N) is 2. The van der Waals surface area contributed by atoms with Gasteiger partial charge in [-0.3, -0.25) is 14.9 Å². The molecule has 0 bridgehead atoms. The van der Waals surface area contributed by atoms with Crippen molar-refractivity contribution in [2.75, 3.05) is 5.32 Å². The molecular weight excluding hydrogens is 316 g/mol. The number of carbonyl (C=O) groups excluding carboxylic acids is 1. The topological polar surface area (TPSA) is 111 Å². The second kappa shape index (κ2) is 7.67. The molecule has 1 aromatic heterocycles. The van der Waals surface area contributed by atoms with Crippen LogP contribution in [0, 0.1) is 10.1 Å². The quantitative estimate of drug-likeness (QED) is 0.644. The molecule has 112 valence electrons. The predicted octanol–water partition coefficient (Wildman–Crippen LogP) is 1.98. The summed E-state index contributed by atoms with van der Waals surface area (Å²) < 4.78 is 0. The maximum atomic E-state index is 11.9. The molecule has 0 radical (unpaired) electrons. The zero-order valence-electron chi connectivity index (χ0n) is 10.8. The lowest BCUT2D eigenvalue weighted by molar-refractivity contribution is -0.380. The number of nitrogens with one attached hydrogen (secondary N) is 1. The summed E-state index contributed by atoms with van der Waals surface area (Å²) >= 11 is 0.795. The van der Waals surface area contributed by atoms with Crippen molar-refractivity contribution in [1.82, 2.24) is 4.98 Å². The molecule has 1 amide bonds. The van der Waals surface area contributed by atoms with Gasteiger partial charge in [0.25, 0.3) is 0 Å². The number of nitro groups is 1.